The number of hydrogen-bond donors (Lipinski definition) is 1. The van der Waals surface area contributed by atoms with E-state index >= 15 is 0 Å². The van der Waals surface area contributed by atoms with E-state index in [0.717, 1.165) is 0 Å². The fourth-order valence-electron chi connectivity index (χ4n) is 0.659. The summed E-state index contributed by atoms with van der Waals surface area (Å²) in [5, 5.41) is 8.84. The van der Waals surface area contributed by atoms with Gasteiger partial charge < -0.3 is 14.6 Å². The van der Waals surface area contributed by atoms with Crippen LogP contribution in [0.25, 0.3) is 0 Å². The van der Waals surface area contributed by atoms with Crippen molar-refractivity contribution < 1.29 is 19.4 Å². The lowest BCUT2D eigenvalue weighted by atomic mass is 10.3. The minimum Gasteiger partial charge on any atom is -0.454 e. The molecule has 0 fully saturated rings. The Hall–Kier alpha value is -1.13. The molecular formula is C10H16O4. The maximum Gasteiger partial charge on any atom is 0.333 e. The van der Waals surface area contributed by atoms with E-state index in [1.54, 1.807) is 13.0 Å². The van der Waals surface area contributed by atoms with Gasteiger partial charge in [0.15, 0.2) is 0 Å². The van der Waals surface area contributed by atoms with Crippen molar-refractivity contribution in [2.24, 2.45) is 0 Å². The van der Waals surface area contributed by atoms with Crippen LogP contribution in [0.15, 0.2) is 24.8 Å². The van der Waals surface area contributed by atoms with Gasteiger partial charge in [0.25, 0.3) is 0 Å². The predicted octanol–water partition coefficient (Wildman–Crippen LogP) is 0.669. The summed E-state index contributed by atoms with van der Waals surface area (Å²) in [6.45, 7) is 8.68. The maximum atomic E-state index is 11.0. The average molecular weight is 200 g/mol. The highest BCUT2D eigenvalue weighted by atomic mass is 16.6. The van der Waals surface area contributed by atoms with Crippen molar-refractivity contribution in [2.45, 2.75) is 13.0 Å². The first-order chi connectivity index (χ1) is 6.61. The van der Waals surface area contributed by atoms with E-state index in [9.17, 15) is 4.79 Å². The van der Waals surface area contributed by atoms with Gasteiger partial charge in [-0.1, -0.05) is 12.7 Å². The molecule has 0 bridgehead atoms. The minimum absolute atomic E-state index is 0.154. The van der Waals surface area contributed by atoms with Crippen LogP contribution in [0, 0.1) is 0 Å². The first-order valence-electron chi connectivity index (χ1n) is 4.27. The van der Waals surface area contributed by atoms with Crippen molar-refractivity contribution in [1.82, 2.24) is 0 Å². The summed E-state index contributed by atoms with van der Waals surface area (Å²) in [7, 11) is 0. The Kier molecular flexibility index (Phi) is 6.70. The van der Waals surface area contributed by atoms with Crippen LogP contribution in [-0.4, -0.2) is 37.0 Å². The molecule has 0 aliphatic rings. The highest BCUT2D eigenvalue weighted by Crippen LogP contribution is 1.99. The van der Waals surface area contributed by atoms with Gasteiger partial charge in [0.05, 0.1) is 19.8 Å². The quantitative estimate of drug-likeness (QED) is 0.284. The Morgan fingerprint density at radius 3 is 2.71 bits per heavy atom. The molecule has 4 nitrogen and oxygen atoms in total. The molecule has 0 spiro atoms. The summed E-state index contributed by atoms with van der Waals surface area (Å²) >= 11 is 0. The number of ether oxygens (including phenoxy) is 2. The monoisotopic (exact) mass is 200 g/mol. The van der Waals surface area contributed by atoms with E-state index in [0.29, 0.717) is 12.2 Å². The standard InChI is InChI=1S/C10H16O4/c1-4-5-13-7-9(6-11)14-10(12)8(2)3/h4,9,11H,1-2,5-7H2,3H3. The fraction of sp³-hybridized carbons (Fsp3) is 0.500. The second kappa shape index (κ2) is 7.29. The number of hydrogen-bond acceptors (Lipinski definition) is 4. The molecule has 0 aliphatic heterocycles. The predicted molar refractivity (Wildman–Crippen MR) is 52.8 cm³/mol. The van der Waals surface area contributed by atoms with Crippen molar-refractivity contribution >= 4 is 5.97 Å². The molecule has 0 saturated heterocycles. The van der Waals surface area contributed by atoms with Gasteiger partial charge in [-0.25, -0.2) is 4.79 Å². The summed E-state index contributed by atoms with van der Waals surface area (Å²) in [5.74, 6) is -0.522. The summed E-state index contributed by atoms with van der Waals surface area (Å²) < 4.78 is 9.89. The molecule has 0 aromatic carbocycles. The molecule has 1 N–H and O–H groups in total. The molecule has 0 heterocycles. The highest BCUT2D eigenvalue weighted by Gasteiger charge is 2.13. The molecule has 4 heteroatoms. The van der Waals surface area contributed by atoms with Gasteiger partial charge in [0, 0.05) is 5.57 Å². The van der Waals surface area contributed by atoms with Crippen molar-refractivity contribution in [3.05, 3.63) is 24.8 Å². The summed E-state index contributed by atoms with van der Waals surface area (Å²) in [6.07, 6.45) is 0.939. The van der Waals surface area contributed by atoms with Crippen molar-refractivity contribution in [1.29, 1.82) is 0 Å². The number of carbonyl (C=O) groups is 1. The number of aliphatic hydroxyl groups excluding tert-OH is 1. The summed E-state index contributed by atoms with van der Waals surface area (Å²) in [5.41, 5.74) is 0.298. The molecule has 0 amide bonds. The minimum atomic E-state index is -0.640. The Bertz CT molecular complexity index is 210. The molecule has 14 heavy (non-hydrogen) atoms. The molecule has 1 atom stereocenters. The van der Waals surface area contributed by atoms with Crippen molar-refractivity contribution in [2.75, 3.05) is 19.8 Å². The lowest BCUT2D eigenvalue weighted by Crippen LogP contribution is -2.27. The molecule has 80 valence electrons. The van der Waals surface area contributed by atoms with Gasteiger partial charge >= 0.3 is 5.97 Å². The average Bonchev–Trinajstić information content (AvgIpc) is 2.16. The Morgan fingerprint density at radius 1 is 1.64 bits per heavy atom. The molecule has 0 rings (SSSR count). The first kappa shape index (κ1) is 12.9. The molecule has 0 aromatic rings. The molecular weight excluding hydrogens is 184 g/mol. The summed E-state index contributed by atoms with van der Waals surface area (Å²) in [4.78, 5) is 11.0. The number of carbonyl (C=O) groups excluding carboxylic acids is 1. The van der Waals surface area contributed by atoms with Crippen LogP contribution in [0.1, 0.15) is 6.92 Å². The first-order valence-corrected chi connectivity index (χ1v) is 4.27. The maximum absolute atomic E-state index is 11.0. The van der Waals surface area contributed by atoms with Crippen LogP contribution < -0.4 is 0 Å². The van der Waals surface area contributed by atoms with Gasteiger partial charge in [-0.2, -0.15) is 0 Å². The third-order valence-corrected chi connectivity index (χ3v) is 1.37. The third-order valence-electron chi connectivity index (χ3n) is 1.37. The Morgan fingerprint density at radius 2 is 2.29 bits per heavy atom. The van der Waals surface area contributed by atoms with E-state index in [-0.39, 0.29) is 13.2 Å². The lowest BCUT2D eigenvalue weighted by Gasteiger charge is -2.14. The zero-order valence-corrected chi connectivity index (χ0v) is 8.36. The summed E-state index contributed by atoms with van der Waals surface area (Å²) in [6, 6.07) is 0. The zero-order valence-electron chi connectivity index (χ0n) is 8.36. The van der Waals surface area contributed by atoms with Gasteiger partial charge in [0.2, 0.25) is 0 Å². The van der Waals surface area contributed by atoms with Crippen molar-refractivity contribution in [3.8, 4) is 0 Å². The van der Waals surface area contributed by atoms with Crippen LogP contribution in [0.3, 0.4) is 0 Å². The van der Waals surface area contributed by atoms with E-state index in [2.05, 4.69) is 13.2 Å². The third kappa shape index (κ3) is 5.50. The van der Waals surface area contributed by atoms with E-state index in [1.807, 2.05) is 0 Å². The second-order valence-electron chi connectivity index (χ2n) is 2.82. The van der Waals surface area contributed by atoms with Gasteiger partial charge in [-0.3, -0.25) is 0 Å². The fourth-order valence-corrected chi connectivity index (χ4v) is 0.659. The number of rotatable bonds is 7. The highest BCUT2D eigenvalue weighted by molar-refractivity contribution is 5.87. The molecule has 0 aliphatic carbocycles. The number of esters is 1. The van der Waals surface area contributed by atoms with E-state index in [1.165, 1.54) is 0 Å². The zero-order chi connectivity index (χ0) is 11.0. The van der Waals surface area contributed by atoms with Crippen molar-refractivity contribution in [3.63, 3.8) is 0 Å². The topological polar surface area (TPSA) is 55.8 Å². The van der Waals surface area contributed by atoms with Gasteiger partial charge in [-0.05, 0) is 6.92 Å². The van der Waals surface area contributed by atoms with Crippen LogP contribution in [0.5, 0.6) is 0 Å². The van der Waals surface area contributed by atoms with Crippen LogP contribution in [-0.2, 0) is 14.3 Å². The molecule has 1 unspecified atom stereocenters. The largest absolute Gasteiger partial charge is 0.454 e. The Balaban J connectivity index is 3.83. The van der Waals surface area contributed by atoms with Gasteiger partial charge in [-0.15, -0.1) is 6.58 Å². The smallest absolute Gasteiger partial charge is 0.333 e. The van der Waals surface area contributed by atoms with E-state index in [4.69, 9.17) is 14.6 Å². The lowest BCUT2D eigenvalue weighted by molar-refractivity contribution is -0.149. The number of aliphatic hydroxyl groups is 1. The van der Waals surface area contributed by atoms with Crippen LogP contribution in [0.2, 0.25) is 0 Å². The van der Waals surface area contributed by atoms with Crippen LogP contribution in [0.4, 0.5) is 0 Å². The van der Waals surface area contributed by atoms with E-state index < -0.39 is 12.1 Å². The molecule has 0 radical (unpaired) electrons. The van der Waals surface area contributed by atoms with Crippen LogP contribution >= 0.6 is 0 Å². The molecule has 0 saturated carbocycles. The van der Waals surface area contributed by atoms with Gasteiger partial charge in [0.1, 0.15) is 6.10 Å². The SMILES string of the molecule is C=CCOCC(CO)OC(=O)C(=C)C. The molecule has 0 aromatic heterocycles. The normalized spacial score (nSPS) is 11.9. The Labute approximate surface area is 83.8 Å². The second-order valence-corrected chi connectivity index (χ2v) is 2.82.